The van der Waals surface area contributed by atoms with Crippen LogP contribution in [0, 0.1) is 6.92 Å². The second-order valence-corrected chi connectivity index (χ2v) is 7.78. The number of carbonyl (C=O) groups excluding carboxylic acids is 2. The van der Waals surface area contributed by atoms with Gasteiger partial charge in [0.15, 0.2) is 0 Å². The predicted octanol–water partition coefficient (Wildman–Crippen LogP) is 1.55. The van der Waals surface area contributed by atoms with E-state index in [1.54, 1.807) is 18.2 Å². The summed E-state index contributed by atoms with van der Waals surface area (Å²) < 4.78 is 22.4. The second-order valence-electron chi connectivity index (χ2n) is 6.22. The van der Waals surface area contributed by atoms with Crippen molar-refractivity contribution >= 4 is 22.0 Å². The summed E-state index contributed by atoms with van der Waals surface area (Å²) in [6.45, 7) is 2.53. The Kier molecular flexibility index (Phi) is 4.80. The lowest BCUT2D eigenvalue weighted by Gasteiger charge is -2.14. The number of nitrogens with one attached hydrogen (secondary N) is 1. The third-order valence-corrected chi connectivity index (χ3v) is 5.18. The van der Waals surface area contributed by atoms with Crippen molar-refractivity contribution in [3.8, 4) is 0 Å². The van der Waals surface area contributed by atoms with Crippen LogP contribution in [0.15, 0.2) is 47.4 Å². The number of hydrogen-bond acceptors (Lipinski definition) is 4. The van der Waals surface area contributed by atoms with Crippen molar-refractivity contribution in [2.75, 3.05) is 6.54 Å². The number of sulfonamides is 1. The molecule has 0 radical (unpaired) electrons. The van der Waals surface area contributed by atoms with E-state index < -0.39 is 16.1 Å². The van der Waals surface area contributed by atoms with Crippen molar-refractivity contribution in [2.24, 2.45) is 5.14 Å². The number of nitrogens with two attached hydrogens (primary N) is 1. The van der Waals surface area contributed by atoms with Crippen molar-refractivity contribution in [1.29, 1.82) is 0 Å². The molecule has 7 nitrogen and oxygen atoms in total. The molecular weight excluding hydrogens is 354 g/mol. The number of benzene rings is 2. The van der Waals surface area contributed by atoms with Gasteiger partial charge in [-0.1, -0.05) is 29.8 Å². The van der Waals surface area contributed by atoms with Gasteiger partial charge in [0.1, 0.15) is 0 Å². The van der Waals surface area contributed by atoms with Gasteiger partial charge in [-0.3, -0.25) is 9.69 Å². The van der Waals surface area contributed by atoms with E-state index in [-0.39, 0.29) is 17.3 Å². The third kappa shape index (κ3) is 3.76. The number of imide groups is 1. The molecule has 0 aromatic heterocycles. The number of nitrogens with zero attached hydrogens (tertiary/aromatic N) is 1. The van der Waals surface area contributed by atoms with Crippen LogP contribution in [0.25, 0.3) is 0 Å². The molecule has 1 aliphatic rings. The molecule has 0 bridgehead atoms. The Morgan fingerprint density at radius 3 is 2.54 bits per heavy atom. The largest absolute Gasteiger partial charge is 0.337 e. The summed E-state index contributed by atoms with van der Waals surface area (Å²) in [4.78, 5) is 25.8. The monoisotopic (exact) mass is 373 g/mol. The molecule has 1 heterocycles. The molecule has 136 valence electrons. The molecule has 0 saturated heterocycles. The predicted molar refractivity (Wildman–Crippen MR) is 96.0 cm³/mol. The molecular formula is C18H19N3O4S. The first-order chi connectivity index (χ1) is 12.3. The summed E-state index contributed by atoms with van der Waals surface area (Å²) in [5, 5.41) is 7.77. The Morgan fingerprint density at radius 1 is 1.19 bits per heavy atom. The molecule has 0 aliphatic carbocycles. The molecule has 8 heteroatoms. The van der Waals surface area contributed by atoms with Crippen LogP contribution in [0.3, 0.4) is 0 Å². The number of hydrogen-bond donors (Lipinski definition) is 2. The molecule has 2 aromatic carbocycles. The number of aryl methyl sites for hydroxylation is 1. The standard InChI is InChI=1S/C18H19N3O4S/c1-12-2-7-16-14(10-12)11-21(17(16)22)18(23)20-9-8-13-3-5-15(6-4-13)26(19,24)25/h2-7,10H,8-9,11H2,1H3,(H,20,23)(H2,19,24,25). The van der Waals surface area contributed by atoms with Gasteiger partial charge in [-0.2, -0.15) is 0 Å². The third-order valence-electron chi connectivity index (χ3n) is 4.25. The first-order valence-electron chi connectivity index (χ1n) is 8.06. The highest BCUT2D eigenvalue weighted by Crippen LogP contribution is 2.23. The van der Waals surface area contributed by atoms with Crippen LogP contribution >= 0.6 is 0 Å². The fourth-order valence-electron chi connectivity index (χ4n) is 2.87. The lowest BCUT2D eigenvalue weighted by molar-refractivity contribution is 0.0821. The topological polar surface area (TPSA) is 110 Å². The van der Waals surface area contributed by atoms with Crippen molar-refractivity contribution in [1.82, 2.24) is 10.2 Å². The van der Waals surface area contributed by atoms with Gasteiger partial charge in [-0.15, -0.1) is 0 Å². The van der Waals surface area contributed by atoms with Gasteiger partial charge < -0.3 is 5.32 Å². The Labute approximate surface area is 151 Å². The Bertz CT molecular complexity index is 968. The van der Waals surface area contributed by atoms with E-state index in [1.165, 1.54) is 17.0 Å². The van der Waals surface area contributed by atoms with Crippen molar-refractivity contribution in [3.05, 3.63) is 64.7 Å². The van der Waals surface area contributed by atoms with E-state index in [0.29, 0.717) is 18.5 Å². The minimum Gasteiger partial charge on any atom is -0.337 e. The van der Waals surface area contributed by atoms with Gasteiger partial charge in [0, 0.05) is 12.1 Å². The Morgan fingerprint density at radius 2 is 1.88 bits per heavy atom. The maximum absolute atomic E-state index is 12.3. The number of urea groups is 1. The molecule has 0 fully saturated rings. The molecule has 3 N–H and O–H groups in total. The molecule has 0 atom stereocenters. The van der Waals surface area contributed by atoms with E-state index >= 15 is 0 Å². The lowest BCUT2D eigenvalue weighted by atomic mass is 10.1. The zero-order chi connectivity index (χ0) is 18.9. The van der Waals surface area contributed by atoms with Gasteiger partial charge in [0.25, 0.3) is 5.91 Å². The van der Waals surface area contributed by atoms with E-state index in [9.17, 15) is 18.0 Å². The maximum Gasteiger partial charge on any atom is 0.324 e. The second kappa shape index (κ2) is 6.89. The number of carbonyl (C=O) groups is 2. The highest BCUT2D eigenvalue weighted by atomic mass is 32.2. The average molecular weight is 373 g/mol. The molecule has 3 amide bonds. The van der Waals surface area contributed by atoms with E-state index in [2.05, 4.69) is 5.32 Å². The van der Waals surface area contributed by atoms with E-state index in [0.717, 1.165) is 16.7 Å². The summed E-state index contributed by atoms with van der Waals surface area (Å²) in [6, 6.07) is 11.2. The summed E-state index contributed by atoms with van der Waals surface area (Å²) in [6.07, 6.45) is 0.505. The van der Waals surface area contributed by atoms with Crippen molar-refractivity contribution in [2.45, 2.75) is 24.8 Å². The normalized spacial score (nSPS) is 13.6. The number of primary sulfonamides is 1. The molecule has 0 unspecified atom stereocenters. The zero-order valence-electron chi connectivity index (χ0n) is 14.2. The summed E-state index contributed by atoms with van der Waals surface area (Å²) in [7, 11) is -3.71. The van der Waals surface area contributed by atoms with Gasteiger partial charge in [0.2, 0.25) is 10.0 Å². The van der Waals surface area contributed by atoms with E-state index in [4.69, 9.17) is 5.14 Å². The van der Waals surface area contributed by atoms with Crippen LogP contribution in [0.1, 0.15) is 27.0 Å². The number of amides is 3. The Hall–Kier alpha value is -2.71. The highest BCUT2D eigenvalue weighted by Gasteiger charge is 2.31. The molecule has 2 aromatic rings. The first kappa shape index (κ1) is 18.1. The van der Waals surface area contributed by atoms with Gasteiger partial charge in [-0.25, -0.2) is 18.4 Å². The zero-order valence-corrected chi connectivity index (χ0v) is 15.0. The highest BCUT2D eigenvalue weighted by molar-refractivity contribution is 7.89. The molecule has 3 rings (SSSR count). The number of rotatable bonds is 4. The SMILES string of the molecule is Cc1ccc2c(c1)CN(C(=O)NCCc1ccc(S(N)(=O)=O)cc1)C2=O. The Balaban J connectivity index is 1.56. The molecule has 0 saturated carbocycles. The lowest BCUT2D eigenvalue weighted by Crippen LogP contribution is -2.40. The van der Waals surface area contributed by atoms with Gasteiger partial charge in [0.05, 0.1) is 11.4 Å². The van der Waals surface area contributed by atoms with Crippen LogP contribution in [-0.2, 0) is 23.0 Å². The van der Waals surface area contributed by atoms with Crippen LogP contribution in [0.5, 0.6) is 0 Å². The fraction of sp³-hybridized carbons (Fsp3) is 0.222. The molecule has 0 spiro atoms. The molecule has 1 aliphatic heterocycles. The van der Waals surface area contributed by atoms with Gasteiger partial charge >= 0.3 is 6.03 Å². The summed E-state index contributed by atoms with van der Waals surface area (Å²) in [5.41, 5.74) is 3.30. The van der Waals surface area contributed by atoms with Crippen molar-refractivity contribution in [3.63, 3.8) is 0 Å². The van der Waals surface area contributed by atoms with Gasteiger partial charge in [-0.05, 0) is 42.7 Å². The minimum atomic E-state index is -3.71. The first-order valence-corrected chi connectivity index (χ1v) is 9.61. The maximum atomic E-state index is 12.3. The van der Waals surface area contributed by atoms with Crippen LogP contribution < -0.4 is 10.5 Å². The van der Waals surface area contributed by atoms with Crippen LogP contribution in [0.2, 0.25) is 0 Å². The van der Waals surface area contributed by atoms with Crippen LogP contribution in [0.4, 0.5) is 4.79 Å². The number of fused-ring (bicyclic) bond motifs is 1. The van der Waals surface area contributed by atoms with Crippen LogP contribution in [-0.4, -0.2) is 31.8 Å². The van der Waals surface area contributed by atoms with Crippen molar-refractivity contribution < 1.29 is 18.0 Å². The fourth-order valence-corrected chi connectivity index (χ4v) is 3.38. The smallest absolute Gasteiger partial charge is 0.324 e. The quantitative estimate of drug-likeness (QED) is 0.847. The summed E-state index contributed by atoms with van der Waals surface area (Å²) >= 11 is 0. The summed E-state index contributed by atoms with van der Waals surface area (Å²) in [5.74, 6) is -0.296. The average Bonchev–Trinajstić information content (AvgIpc) is 2.90. The minimum absolute atomic E-state index is 0.0426. The molecule has 26 heavy (non-hydrogen) atoms. The van der Waals surface area contributed by atoms with E-state index in [1.807, 2.05) is 19.1 Å².